The number of benzodiazepines with no additional fused rings is 1. The summed E-state index contributed by atoms with van der Waals surface area (Å²) >= 11 is 0. The van der Waals surface area contributed by atoms with Crippen molar-refractivity contribution in [1.29, 1.82) is 0 Å². The summed E-state index contributed by atoms with van der Waals surface area (Å²) in [6.45, 7) is 3.93. The molecule has 0 radical (unpaired) electrons. The SMILES string of the molecule is CC1(c2cnccc2N2CCCCC2)NN/C(=N\C2N=C(c3ccccc3)c3ccccc3NC2=O)O1. The monoisotopic (exact) mass is 495 g/mol. The number of nitrogens with zero attached hydrogens (tertiary/aromatic N) is 4. The number of hydrogen-bond donors (Lipinski definition) is 3. The molecule has 0 saturated carbocycles. The molecule has 188 valence electrons. The minimum atomic E-state index is -1.04. The topological polar surface area (TPSA) is 103 Å². The second-order valence-electron chi connectivity index (χ2n) is 9.51. The third-order valence-corrected chi connectivity index (χ3v) is 6.93. The lowest BCUT2D eigenvalue weighted by Crippen LogP contribution is -2.41. The van der Waals surface area contributed by atoms with E-state index in [0.717, 1.165) is 35.5 Å². The third-order valence-electron chi connectivity index (χ3n) is 6.93. The van der Waals surface area contributed by atoms with Gasteiger partial charge in [0.2, 0.25) is 11.9 Å². The van der Waals surface area contributed by atoms with E-state index in [2.05, 4.69) is 31.0 Å². The van der Waals surface area contributed by atoms with Crippen LogP contribution in [0.2, 0.25) is 0 Å². The molecule has 1 amide bonds. The first-order valence-corrected chi connectivity index (χ1v) is 12.6. The van der Waals surface area contributed by atoms with Crippen molar-refractivity contribution in [2.75, 3.05) is 23.3 Å². The molecule has 0 bridgehead atoms. The fraction of sp³-hybridized carbons (Fsp3) is 0.286. The molecule has 2 atom stereocenters. The number of amidine groups is 1. The molecule has 2 saturated heterocycles. The second kappa shape index (κ2) is 9.67. The summed E-state index contributed by atoms with van der Waals surface area (Å²) in [5, 5.41) is 2.97. The van der Waals surface area contributed by atoms with Crippen LogP contribution in [0.5, 0.6) is 0 Å². The number of rotatable bonds is 4. The van der Waals surface area contributed by atoms with Gasteiger partial charge < -0.3 is 15.0 Å². The highest BCUT2D eigenvalue weighted by molar-refractivity contribution is 6.19. The van der Waals surface area contributed by atoms with Gasteiger partial charge in [0.05, 0.1) is 17.0 Å². The van der Waals surface area contributed by atoms with Crippen LogP contribution in [0, 0.1) is 0 Å². The number of nitrogens with one attached hydrogen (secondary N) is 3. The van der Waals surface area contributed by atoms with Gasteiger partial charge in [-0.05, 0) is 38.3 Å². The highest BCUT2D eigenvalue weighted by atomic mass is 16.6. The minimum Gasteiger partial charge on any atom is -0.437 e. The Balaban J connectivity index is 1.32. The van der Waals surface area contributed by atoms with Gasteiger partial charge in [0.25, 0.3) is 5.91 Å². The molecule has 3 aromatic rings. The normalized spacial score (nSPS) is 24.4. The van der Waals surface area contributed by atoms with E-state index in [0.29, 0.717) is 11.4 Å². The summed E-state index contributed by atoms with van der Waals surface area (Å²) < 4.78 is 6.29. The van der Waals surface area contributed by atoms with E-state index in [1.165, 1.54) is 19.3 Å². The van der Waals surface area contributed by atoms with Gasteiger partial charge in [0.1, 0.15) is 0 Å². The Kier molecular flexibility index (Phi) is 6.05. The molecule has 2 fully saturated rings. The summed E-state index contributed by atoms with van der Waals surface area (Å²) in [5.41, 5.74) is 10.4. The summed E-state index contributed by atoms with van der Waals surface area (Å²) in [7, 11) is 0. The third kappa shape index (κ3) is 4.53. The summed E-state index contributed by atoms with van der Waals surface area (Å²) in [4.78, 5) is 29.3. The van der Waals surface area contributed by atoms with Gasteiger partial charge in [-0.25, -0.2) is 4.99 Å². The maximum Gasteiger partial charge on any atom is 0.304 e. The molecule has 1 aromatic heterocycles. The predicted octanol–water partition coefficient (Wildman–Crippen LogP) is 3.54. The van der Waals surface area contributed by atoms with Crippen LogP contribution in [-0.4, -0.2) is 41.9 Å². The van der Waals surface area contributed by atoms with Crippen LogP contribution >= 0.6 is 0 Å². The molecule has 4 heterocycles. The molecule has 37 heavy (non-hydrogen) atoms. The number of benzene rings is 2. The fourth-order valence-electron chi connectivity index (χ4n) is 5.03. The van der Waals surface area contributed by atoms with Crippen LogP contribution in [0.25, 0.3) is 0 Å². The van der Waals surface area contributed by atoms with Gasteiger partial charge >= 0.3 is 6.02 Å². The van der Waals surface area contributed by atoms with Crippen LogP contribution in [-0.2, 0) is 15.3 Å². The van der Waals surface area contributed by atoms with Crippen LogP contribution in [0.1, 0.15) is 42.9 Å². The molecule has 3 aliphatic rings. The number of piperidine rings is 1. The number of aliphatic imine (C=N–C) groups is 2. The lowest BCUT2D eigenvalue weighted by atomic mass is 10.0. The number of pyridine rings is 1. The van der Waals surface area contributed by atoms with Gasteiger partial charge in [-0.2, -0.15) is 10.4 Å². The highest BCUT2D eigenvalue weighted by Crippen LogP contribution is 2.34. The fourth-order valence-corrected chi connectivity index (χ4v) is 5.03. The first-order valence-electron chi connectivity index (χ1n) is 12.6. The van der Waals surface area contributed by atoms with E-state index in [9.17, 15) is 4.79 Å². The van der Waals surface area contributed by atoms with Crippen molar-refractivity contribution in [3.63, 3.8) is 0 Å². The molecule has 6 rings (SSSR count). The van der Waals surface area contributed by atoms with Crippen molar-refractivity contribution in [3.8, 4) is 0 Å². The smallest absolute Gasteiger partial charge is 0.304 e. The summed E-state index contributed by atoms with van der Waals surface area (Å²) in [6.07, 6.45) is 6.17. The van der Waals surface area contributed by atoms with Crippen LogP contribution in [0.15, 0.2) is 83.0 Å². The highest BCUT2D eigenvalue weighted by Gasteiger charge is 2.40. The lowest BCUT2D eigenvalue weighted by molar-refractivity contribution is -0.117. The summed E-state index contributed by atoms with van der Waals surface area (Å²) in [5.74, 6) is -0.333. The Morgan fingerprint density at radius 1 is 1.03 bits per heavy atom. The number of aromatic nitrogens is 1. The van der Waals surface area contributed by atoms with Gasteiger partial charge in [0, 0.05) is 42.3 Å². The van der Waals surface area contributed by atoms with E-state index in [-0.39, 0.29) is 11.9 Å². The second-order valence-corrected chi connectivity index (χ2v) is 9.51. The molecule has 2 unspecified atom stereocenters. The van der Waals surface area contributed by atoms with E-state index in [1.54, 1.807) is 0 Å². The van der Waals surface area contributed by atoms with Crippen molar-refractivity contribution < 1.29 is 9.53 Å². The molecule has 2 aromatic carbocycles. The number of ether oxygens (including phenoxy) is 1. The molecule has 3 N–H and O–H groups in total. The van der Waals surface area contributed by atoms with Gasteiger partial charge in [-0.3, -0.25) is 15.2 Å². The summed E-state index contributed by atoms with van der Waals surface area (Å²) in [6, 6.07) is 19.7. The Labute approximate surface area is 215 Å². The molecule has 9 heteroatoms. The maximum atomic E-state index is 13.2. The standard InChI is InChI=1S/C28H29N7O2/c1-28(21-18-29-15-14-23(21)35-16-8-3-9-17-35)34-33-27(37-28)32-25-26(36)30-22-13-7-6-12-20(22)24(31-25)19-10-4-2-5-11-19/h2,4-7,10-15,18,25,34H,3,8-9,16-17H2,1H3,(H,30,36)(H,32,33). The maximum absolute atomic E-state index is 13.2. The number of hydrogen-bond acceptors (Lipinski definition) is 7. The predicted molar refractivity (Wildman–Crippen MR) is 143 cm³/mol. The molecular weight excluding hydrogens is 466 g/mol. The number of para-hydroxylation sites is 1. The van der Waals surface area contributed by atoms with Crippen LogP contribution in [0.4, 0.5) is 11.4 Å². The number of hydrazine groups is 1. The number of fused-ring (bicyclic) bond motifs is 1. The molecule has 0 aliphatic carbocycles. The Hall–Kier alpha value is -4.24. The largest absolute Gasteiger partial charge is 0.437 e. The Bertz CT molecular complexity index is 1370. The van der Waals surface area contributed by atoms with E-state index >= 15 is 0 Å². The molecular formula is C28H29N7O2. The number of carbonyl (C=O) groups excluding carboxylic acids is 1. The molecule has 0 spiro atoms. The van der Waals surface area contributed by atoms with Crippen molar-refractivity contribution in [2.24, 2.45) is 9.98 Å². The zero-order valence-corrected chi connectivity index (χ0v) is 20.6. The van der Waals surface area contributed by atoms with Gasteiger partial charge in [0.15, 0.2) is 0 Å². The van der Waals surface area contributed by atoms with E-state index < -0.39 is 11.9 Å². The van der Waals surface area contributed by atoms with Crippen molar-refractivity contribution >= 4 is 29.0 Å². The Morgan fingerprint density at radius 3 is 2.65 bits per heavy atom. The molecule has 3 aliphatic heterocycles. The first-order chi connectivity index (χ1) is 18.1. The Morgan fingerprint density at radius 2 is 1.81 bits per heavy atom. The molecule has 9 nitrogen and oxygen atoms in total. The van der Waals surface area contributed by atoms with Crippen LogP contribution in [0.3, 0.4) is 0 Å². The quantitative estimate of drug-likeness (QED) is 0.512. The number of anilines is 2. The van der Waals surface area contributed by atoms with Crippen LogP contribution < -0.4 is 21.1 Å². The van der Waals surface area contributed by atoms with E-state index in [4.69, 9.17) is 9.73 Å². The minimum absolute atomic E-state index is 0.193. The zero-order valence-electron chi connectivity index (χ0n) is 20.6. The van der Waals surface area contributed by atoms with E-state index in [1.807, 2.05) is 80.0 Å². The van der Waals surface area contributed by atoms with Gasteiger partial charge in [-0.15, -0.1) is 0 Å². The zero-order chi connectivity index (χ0) is 25.2. The average molecular weight is 496 g/mol. The van der Waals surface area contributed by atoms with Crippen molar-refractivity contribution in [3.05, 3.63) is 89.7 Å². The number of carbonyl (C=O) groups is 1. The van der Waals surface area contributed by atoms with Crippen molar-refractivity contribution in [1.82, 2.24) is 15.8 Å². The lowest BCUT2D eigenvalue weighted by Gasteiger charge is -2.33. The average Bonchev–Trinajstić information content (AvgIpc) is 3.27. The first kappa shape index (κ1) is 23.2. The number of amides is 1. The van der Waals surface area contributed by atoms with Crippen molar-refractivity contribution in [2.45, 2.75) is 38.1 Å². The van der Waals surface area contributed by atoms with Gasteiger partial charge in [-0.1, -0.05) is 48.5 Å².